The summed E-state index contributed by atoms with van der Waals surface area (Å²) in [6.45, 7) is 3.03. The molecule has 1 aromatic rings. The molecule has 20 heavy (non-hydrogen) atoms. The summed E-state index contributed by atoms with van der Waals surface area (Å²) < 4.78 is 0. The summed E-state index contributed by atoms with van der Waals surface area (Å²) in [4.78, 5) is 9.08. The normalized spacial score (nSPS) is 18.2. The van der Waals surface area contributed by atoms with Gasteiger partial charge in [0.15, 0.2) is 5.96 Å². The van der Waals surface area contributed by atoms with Crippen LogP contribution in [0.5, 0.6) is 0 Å². The van der Waals surface area contributed by atoms with Crippen LogP contribution in [0.25, 0.3) is 0 Å². The summed E-state index contributed by atoms with van der Waals surface area (Å²) in [5.41, 5.74) is 8.87. The van der Waals surface area contributed by atoms with Crippen molar-refractivity contribution in [2.75, 3.05) is 31.6 Å². The molecular weight excluding hydrogens is 248 g/mol. The predicted octanol–water partition coefficient (Wildman–Crippen LogP) is 1.85. The zero-order valence-electron chi connectivity index (χ0n) is 12.3. The van der Waals surface area contributed by atoms with Crippen LogP contribution in [0.2, 0.25) is 0 Å². The van der Waals surface area contributed by atoms with E-state index in [1.54, 1.807) is 0 Å². The maximum absolute atomic E-state index is 5.99. The van der Waals surface area contributed by atoms with Gasteiger partial charge < -0.3 is 15.5 Å². The Hall–Kier alpha value is -1.71. The van der Waals surface area contributed by atoms with Gasteiger partial charge >= 0.3 is 0 Å². The second-order valence-electron chi connectivity index (χ2n) is 5.80. The summed E-state index contributed by atoms with van der Waals surface area (Å²) in [5.74, 6) is 0.703. The van der Waals surface area contributed by atoms with Crippen molar-refractivity contribution >= 4 is 11.6 Å². The van der Waals surface area contributed by atoms with E-state index in [1.807, 2.05) is 7.05 Å². The Balaban J connectivity index is 1.45. The van der Waals surface area contributed by atoms with Gasteiger partial charge in [0.05, 0.1) is 0 Å². The molecule has 1 aromatic carbocycles. The zero-order chi connectivity index (χ0) is 13.9. The Labute approximate surface area is 121 Å². The number of anilines is 1. The summed E-state index contributed by atoms with van der Waals surface area (Å²) in [5, 5.41) is 0. The maximum Gasteiger partial charge on any atom is 0.191 e. The fourth-order valence-corrected chi connectivity index (χ4v) is 2.85. The van der Waals surface area contributed by atoms with E-state index in [9.17, 15) is 0 Å². The number of rotatable bonds is 5. The van der Waals surface area contributed by atoms with Crippen molar-refractivity contribution in [2.24, 2.45) is 10.7 Å². The average molecular weight is 272 g/mol. The van der Waals surface area contributed by atoms with Crippen molar-refractivity contribution in [3.05, 3.63) is 29.8 Å². The average Bonchev–Trinajstić information content (AvgIpc) is 3.24. The van der Waals surface area contributed by atoms with Gasteiger partial charge in [-0.25, -0.2) is 0 Å². The summed E-state index contributed by atoms with van der Waals surface area (Å²) in [7, 11) is 2.05. The highest BCUT2D eigenvalue weighted by Crippen LogP contribution is 2.27. The maximum atomic E-state index is 5.99. The summed E-state index contributed by atoms with van der Waals surface area (Å²) in [6.07, 6.45) is 4.76. The molecule has 0 unspecified atom stereocenters. The molecule has 2 N–H and O–H groups in total. The number of benzene rings is 1. The van der Waals surface area contributed by atoms with Crippen LogP contribution in [0, 0.1) is 0 Å². The van der Waals surface area contributed by atoms with Crippen molar-refractivity contribution in [1.29, 1.82) is 0 Å². The lowest BCUT2D eigenvalue weighted by Crippen LogP contribution is -2.36. The van der Waals surface area contributed by atoms with Crippen LogP contribution in [-0.2, 0) is 6.42 Å². The molecule has 0 bridgehead atoms. The van der Waals surface area contributed by atoms with E-state index in [4.69, 9.17) is 5.73 Å². The van der Waals surface area contributed by atoms with Gasteiger partial charge in [0.1, 0.15) is 0 Å². The largest absolute Gasteiger partial charge is 0.371 e. The molecule has 1 aliphatic carbocycles. The number of guanidine groups is 1. The number of nitrogens with two attached hydrogens (primary N) is 1. The van der Waals surface area contributed by atoms with Gasteiger partial charge in [-0.3, -0.25) is 4.99 Å². The Morgan fingerprint density at radius 3 is 3.00 bits per heavy atom. The molecule has 4 heteroatoms. The summed E-state index contributed by atoms with van der Waals surface area (Å²) in [6, 6.07) is 9.35. The molecule has 1 fully saturated rings. The second-order valence-corrected chi connectivity index (χ2v) is 5.80. The highest BCUT2D eigenvalue weighted by atomic mass is 15.3. The van der Waals surface area contributed by atoms with E-state index in [1.165, 1.54) is 30.5 Å². The van der Waals surface area contributed by atoms with Crippen LogP contribution in [0.1, 0.15) is 24.8 Å². The Morgan fingerprint density at radius 2 is 2.20 bits per heavy atom. The van der Waals surface area contributed by atoms with Gasteiger partial charge in [-0.2, -0.15) is 0 Å². The topological polar surface area (TPSA) is 44.9 Å². The van der Waals surface area contributed by atoms with E-state index in [0.29, 0.717) is 12.0 Å². The minimum Gasteiger partial charge on any atom is -0.371 e. The number of hydrogen-bond acceptors (Lipinski definition) is 2. The van der Waals surface area contributed by atoms with E-state index < -0.39 is 0 Å². The third kappa shape index (κ3) is 2.89. The third-order valence-corrected chi connectivity index (χ3v) is 4.30. The van der Waals surface area contributed by atoms with E-state index in [-0.39, 0.29) is 0 Å². The molecule has 0 amide bonds. The fraction of sp³-hybridized carbons (Fsp3) is 0.562. The molecule has 3 rings (SSSR count). The molecule has 0 radical (unpaired) electrons. The van der Waals surface area contributed by atoms with Crippen molar-refractivity contribution in [3.63, 3.8) is 0 Å². The molecule has 0 atom stereocenters. The van der Waals surface area contributed by atoms with E-state index in [0.717, 1.165) is 26.1 Å². The van der Waals surface area contributed by atoms with Crippen LogP contribution >= 0.6 is 0 Å². The first kappa shape index (κ1) is 13.3. The molecule has 0 saturated heterocycles. The van der Waals surface area contributed by atoms with Crippen LogP contribution in [0.3, 0.4) is 0 Å². The van der Waals surface area contributed by atoms with Gasteiger partial charge in [0.25, 0.3) is 0 Å². The highest BCUT2D eigenvalue weighted by Gasteiger charge is 2.27. The zero-order valence-corrected chi connectivity index (χ0v) is 12.3. The quantitative estimate of drug-likeness (QED) is 0.505. The fourth-order valence-electron chi connectivity index (χ4n) is 2.85. The van der Waals surface area contributed by atoms with Gasteiger partial charge in [-0.05, 0) is 37.3 Å². The Kier molecular flexibility index (Phi) is 3.81. The molecule has 1 aliphatic heterocycles. The minimum atomic E-state index is 0.643. The number of para-hydroxylation sites is 1. The lowest BCUT2D eigenvalue weighted by molar-refractivity contribution is 0.487. The molecule has 2 aliphatic rings. The van der Waals surface area contributed by atoms with Crippen molar-refractivity contribution < 1.29 is 0 Å². The van der Waals surface area contributed by atoms with Crippen molar-refractivity contribution in [3.8, 4) is 0 Å². The third-order valence-electron chi connectivity index (χ3n) is 4.30. The highest BCUT2D eigenvalue weighted by molar-refractivity contribution is 5.78. The number of nitrogens with zero attached hydrogens (tertiary/aromatic N) is 3. The molecule has 1 heterocycles. The Morgan fingerprint density at radius 1 is 1.40 bits per heavy atom. The first-order valence-electron chi connectivity index (χ1n) is 7.61. The lowest BCUT2D eigenvalue weighted by atomic mass is 10.2. The monoisotopic (exact) mass is 272 g/mol. The van der Waals surface area contributed by atoms with Crippen molar-refractivity contribution in [2.45, 2.75) is 31.7 Å². The standard InChI is InChI=1S/C16H24N4/c1-19(14-7-8-14)16(17)18-10-4-11-20-12-9-13-5-2-3-6-15(13)20/h2-3,5-6,14H,4,7-12H2,1H3,(H2,17,18). The molecule has 0 aromatic heterocycles. The molecule has 1 saturated carbocycles. The molecule has 108 valence electrons. The number of fused-ring (bicyclic) bond motifs is 1. The van der Waals surface area contributed by atoms with Gasteiger partial charge in [-0.1, -0.05) is 18.2 Å². The minimum absolute atomic E-state index is 0.643. The SMILES string of the molecule is CN(C(N)=NCCCN1CCc2ccccc21)C1CC1. The van der Waals surface area contributed by atoms with Crippen LogP contribution in [0.4, 0.5) is 5.69 Å². The van der Waals surface area contributed by atoms with Gasteiger partial charge in [-0.15, -0.1) is 0 Å². The van der Waals surface area contributed by atoms with Crippen LogP contribution in [-0.4, -0.2) is 43.6 Å². The lowest BCUT2D eigenvalue weighted by Gasteiger charge is -2.19. The first-order valence-corrected chi connectivity index (χ1v) is 7.61. The predicted molar refractivity (Wildman–Crippen MR) is 84.3 cm³/mol. The Bertz CT molecular complexity index is 493. The van der Waals surface area contributed by atoms with Crippen LogP contribution in [0.15, 0.2) is 29.3 Å². The molecule has 4 nitrogen and oxygen atoms in total. The number of aliphatic imine (C=N–C) groups is 1. The van der Waals surface area contributed by atoms with E-state index >= 15 is 0 Å². The van der Waals surface area contributed by atoms with Gasteiger partial charge in [0.2, 0.25) is 0 Å². The van der Waals surface area contributed by atoms with Crippen molar-refractivity contribution in [1.82, 2.24) is 4.90 Å². The second kappa shape index (κ2) is 5.73. The number of hydrogen-bond donors (Lipinski definition) is 1. The summed E-state index contributed by atoms with van der Waals surface area (Å²) >= 11 is 0. The molecule has 0 spiro atoms. The van der Waals surface area contributed by atoms with Gasteiger partial charge in [0, 0.05) is 38.4 Å². The van der Waals surface area contributed by atoms with E-state index in [2.05, 4.69) is 39.1 Å². The smallest absolute Gasteiger partial charge is 0.191 e. The van der Waals surface area contributed by atoms with Crippen LogP contribution < -0.4 is 10.6 Å². The first-order chi connectivity index (χ1) is 9.75. The molecular formula is C16H24N4.